The Hall–Kier alpha value is -3.38. The van der Waals surface area contributed by atoms with Gasteiger partial charge in [-0.2, -0.15) is 0 Å². The lowest BCUT2D eigenvalue weighted by Crippen LogP contribution is -2.22. The van der Waals surface area contributed by atoms with E-state index in [4.69, 9.17) is 31.2 Å². The van der Waals surface area contributed by atoms with Gasteiger partial charge in [-0.25, -0.2) is 9.59 Å². The van der Waals surface area contributed by atoms with Gasteiger partial charge in [-0.3, -0.25) is 4.79 Å². The first-order valence-electron chi connectivity index (χ1n) is 9.45. The molecule has 12 heteroatoms. The van der Waals surface area contributed by atoms with Crippen LogP contribution in [0.3, 0.4) is 0 Å². The van der Waals surface area contributed by atoms with E-state index >= 15 is 0 Å². The maximum atomic E-state index is 12.5. The number of amides is 1. The van der Waals surface area contributed by atoms with E-state index in [1.165, 1.54) is 45.5 Å². The number of anilines is 2. The third kappa shape index (κ3) is 5.52. The van der Waals surface area contributed by atoms with Crippen molar-refractivity contribution in [1.82, 2.24) is 4.90 Å². The Kier molecular flexibility index (Phi) is 8.60. The van der Waals surface area contributed by atoms with Gasteiger partial charge in [0.25, 0.3) is 5.91 Å². The van der Waals surface area contributed by atoms with Gasteiger partial charge in [-0.1, -0.05) is 0 Å². The number of methoxy groups -OCH3 is 4. The standard InChI is InChI=1S/C21H25N3O7S2/c1-10-15(20(27)31-7)17(33-16(10)18(25)24(2)3)23-21(32)22-12-9-14(29-5)13(28-4)8-11(12)19(26)30-6/h8-9H,1-7H3,(H2,22,23,32). The first-order chi connectivity index (χ1) is 15.6. The van der Waals surface area contributed by atoms with Gasteiger partial charge in [0, 0.05) is 26.2 Å². The molecule has 1 aromatic carbocycles. The summed E-state index contributed by atoms with van der Waals surface area (Å²) in [6.07, 6.45) is 0. The second-order valence-electron chi connectivity index (χ2n) is 6.77. The largest absolute Gasteiger partial charge is 0.493 e. The Morgan fingerprint density at radius 1 is 0.939 bits per heavy atom. The highest BCUT2D eigenvalue weighted by Crippen LogP contribution is 2.36. The molecule has 0 bridgehead atoms. The topological polar surface area (TPSA) is 115 Å². The van der Waals surface area contributed by atoms with E-state index < -0.39 is 11.9 Å². The summed E-state index contributed by atoms with van der Waals surface area (Å²) in [5.74, 6) is -0.814. The molecule has 0 saturated carbocycles. The zero-order chi connectivity index (χ0) is 24.9. The summed E-state index contributed by atoms with van der Waals surface area (Å²) >= 11 is 6.47. The SMILES string of the molecule is COC(=O)c1cc(OC)c(OC)cc1NC(=S)Nc1sc(C(=O)N(C)C)c(C)c1C(=O)OC. The third-order valence-electron chi connectivity index (χ3n) is 4.54. The van der Waals surface area contributed by atoms with Gasteiger partial charge < -0.3 is 34.5 Å². The molecule has 178 valence electrons. The molecule has 2 N–H and O–H groups in total. The summed E-state index contributed by atoms with van der Waals surface area (Å²) < 4.78 is 20.3. The van der Waals surface area contributed by atoms with Crippen LogP contribution in [0, 0.1) is 6.92 Å². The molecule has 33 heavy (non-hydrogen) atoms. The molecule has 0 aliphatic rings. The molecule has 10 nitrogen and oxygen atoms in total. The normalized spacial score (nSPS) is 10.2. The number of carbonyl (C=O) groups is 3. The third-order valence-corrected chi connectivity index (χ3v) is 5.94. The van der Waals surface area contributed by atoms with Crippen LogP contribution >= 0.6 is 23.6 Å². The lowest BCUT2D eigenvalue weighted by molar-refractivity contribution is 0.0592. The minimum Gasteiger partial charge on any atom is -0.493 e. The Labute approximate surface area is 200 Å². The number of nitrogens with one attached hydrogen (secondary N) is 2. The van der Waals surface area contributed by atoms with E-state index in [0.29, 0.717) is 26.9 Å². The number of hydrogen-bond acceptors (Lipinski definition) is 9. The predicted molar refractivity (Wildman–Crippen MR) is 129 cm³/mol. The molecule has 1 amide bonds. The minimum atomic E-state index is -0.623. The number of thiophene rings is 1. The van der Waals surface area contributed by atoms with Crippen LogP contribution in [-0.4, -0.2) is 70.4 Å². The van der Waals surface area contributed by atoms with Gasteiger partial charge >= 0.3 is 11.9 Å². The summed E-state index contributed by atoms with van der Waals surface area (Å²) in [5.41, 5.74) is 1.10. The summed E-state index contributed by atoms with van der Waals surface area (Å²) in [7, 11) is 8.63. The van der Waals surface area contributed by atoms with Crippen molar-refractivity contribution >= 4 is 57.2 Å². The van der Waals surface area contributed by atoms with Crippen LogP contribution in [0.2, 0.25) is 0 Å². The molecule has 0 atom stereocenters. The van der Waals surface area contributed by atoms with Crippen LogP contribution in [0.5, 0.6) is 11.5 Å². The van der Waals surface area contributed by atoms with Crippen molar-refractivity contribution in [2.24, 2.45) is 0 Å². The van der Waals surface area contributed by atoms with Crippen molar-refractivity contribution in [1.29, 1.82) is 0 Å². The Balaban J connectivity index is 2.45. The zero-order valence-electron chi connectivity index (χ0n) is 19.3. The molecule has 1 heterocycles. The molecular weight excluding hydrogens is 470 g/mol. The number of rotatable bonds is 7. The first-order valence-corrected chi connectivity index (χ1v) is 10.7. The van der Waals surface area contributed by atoms with Crippen LogP contribution in [-0.2, 0) is 9.47 Å². The molecule has 0 aliphatic heterocycles. The lowest BCUT2D eigenvalue weighted by atomic mass is 10.1. The maximum Gasteiger partial charge on any atom is 0.341 e. The number of thiocarbonyl (C=S) groups is 1. The van der Waals surface area contributed by atoms with E-state index in [1.54, 1.807) is 21.0 Å². The molecule has 2 rings (SSSR count). The highest BCUT2D eigenvalue weighted by atomic mass is 32.1. The second kappa shape index (κ2) is 11.0. The van der Waals surface area contributed by atoms with E-state index in [2.05, 4.69) is 10.6 Å². The summed E-state index contributed by atoms with van der Waals surface area (Å²) in [6, 6.07) is 2.99. The first kappa shape index (κ1) is 25.9. The van der Waals surface area contributed by atoms with E-state index in [-0.39, 0.29) is 27.8 Å². The van der Waals surface area contributed by atoms with Gasteiger partial charge in [0.1, 0.15) is 5.00 Å². The van der Waals surface area contributed by atoms with Crippen LogP contribution in [0.4, 0.5) is 10.7 Å². The Morgan fingerprint density at radius 3 is 2.03 bits per heavy atom. The van der Waals surface area contributed by atoms with Crippen molar-refractivity contribution < 1.29 is 33.3 Å². The van der Waals surface area contributed by atoms with Crippen LogP contribution < -0.4 is 20.1 Å². The van der Waals surface area contributed by atoms with Gasteiger partial charge in [0.2, 0.25) is 0 Å². The van der Waals surface area contributed by atoms with Crippen LogP contribution in [0.15, 0.2) is 12.1 Å². The molecular formula is C21H25N3O7S2. The zero-order valence-corrected chi connectivity index (χ0v) is 20.9. The average molecular weight is 496 g/mol. The fourth-order valence-electron chi connectivity index (χ4n) is 2.87. The number of nitrogens with zero attached hydrogens (tertiary/aromatic N) is 1. The molecule has 0 radical (unpaired) electrons. The number of hydrogen-bond donors (Lipinski definition) is 2. The van der Waals surface area contributed by atoms with Crippen molar-refractivity contribution in [3.05, 3.63) is 33.7 Å². The van der Waals surface area contributed by atoms with E-state index in [9.17, 15) is 14.4 Å². The van der Waals surface area contributed by atoms with Crippen LogP contribution in [0.25, 0.3) is 0 Å². The van der Waals surface area contributed by atoms with Crippen molar-refractivity contribution in [2.45, 2.75) is 6.92 Å². The van der Waals surface area contributed by atoms with Crippen molar-refractivity contribution in [2.75, 3.05) is 53.2 Å². The van der Waals surface area contributed by atoms with Crippen molar-refractivity contribution in [3.8, 4) is 11.5 Å². The molecule has 1 aromatic heterocycles. The number of benzene rings is 1. The van der Waals surface area contributed by atoms with Crippen LogP contribution in [0.1, 0.15) is 36.0 Å². The molecule has 0 saturated heterocycles. The van der Waals surface area contributed by atoms with Crippen molar-refractivity contribution in [3.63, 3.8) is 0 Å². The van der Waals surface area contributed by atoms with Gasteiger partial charge in [0.15, 0.2) is 16.6 Å². The smallest absolute Gasteiger partial charge is 0.341 e. The molecule has 0 fully saturated rings. The minimum absolute atomic E-state index is 0.0580. The van der Waals surface area contributed by atoms with E-state index in [1.807, 2.05) is 0 Å². The van der Waals surface area contributed by atoms with Gasteiger partial charge in [-0.05, 0) is 24.7 Å². The number of ether oxygens (including phenoxy) is 4. The predicted octanol–water partition coefficient (Wildman–Crippen LogP) is 3.16. The van der Waals surface area contributed by atoms with E-state index in [0.717, 1.165) is 11.3 Å². The Morgan fingerprint density at radius 2 is 1.52 bits per heavy atom. The van der Waals surface area contributed by atoms with Gasteiger partial charge in [-0.15, -0.1) is 11.3 Å². The maximum absolute atomic E-state index is 12.5. The molecule has 0 aliphatic carbocycles. The fraction of sp³-hybridized carbons (Fsp3) is 0.333. The lowest BCUT2D eigenvalue weighted by Gasteiger charge is -2.16. The monoisotopic (exact) mass is 495 g/mol. The van der Waals surface area contributed by atoms with Gasteiger partial charge in [0.05, 0.1) is 50.1 Å². The second-order valence-corrected chi connectivity index (χ2v) is 8.20. The summed E-state index contributed by atoms with van der Waals surface area (Å²) in [4.78, 5) is 39.0. The summed E-state index contributed by atoms with van der Waals surface area (Å²) in [5, 5.41) is 6.21. The molecule has 0 spiro atoms. The highest BCUT2D eigenvalue weighted by molar-refractivity contribution is 7.80. The Bertz CT molecular complexity index is 1100. The summed E-state index contributed by atoms with van der Waals surface area (Å²) in [6.45, 7) is 1.66. The quantitative estimate of drug-likeness (QED) is 0.438. The fourth-order valence-corrected chi connectivity index (χ4v) is 4.37. The molecule has 0 unspecified atom stereocenters. The average Bonchev–Trinajstić information content (AvgIpc) is 3.12. The number of carbonyl (C=O) groups excluding carboxylic acids is 3. The highest BCUT2D eigenvalue weighted by Gasteiger charge is 2.27. The molecule has 2 aromatic rings. The number of esters is 2.